The van der Waals surface area contributed by atoms with Crippen molar-refractivity contribution in [2.24, 2.45) is 4.99 Å². The molecule has 1 unspecified atom stereocenters. The lowest BCUT2D eigenvalue weighted by molar-refractivity contribution is -0.128. The molecular weight excluding hydrogens is 250 g/mol. The summed E-state index contributed by atoms with van der Waals surface area (Å²) in [6.07, 6.45) is 2.37. The Balaban J connectivity index is 2.26. The lowest BCUT2D eigenvalue weighted by Crippen LogP contribution is -2.34. The Labute approximate surface area is 110 Å². The van der Waals surface area contributed by atoms with Gasteiger partial charge in [-0.05, 0) is 12.5 Å². The molecule has 18 heavy (non-hydrogen) atoms. The number of para-hydroxylation sites is 1. The molecule has 0 saturated carbocycles. The highest BCUT2D eigenvalue weighted by molar-refractivity contribution is 6.17. The van der Waals surface area contributed by atoms with Gasteiger partial charge in [-0.15, -0.1) is 11.6 Å². The molecule has 0 aliphatic carbocycles. The third kappa shape index (κ3) is 2.36. The van der Waals surface area contributed by atoms with Crippen molar-refractivity contribution in [3.05, 3.63) is 29.8 Å². The maximum Gasteiger partial charge on any atom is 0.229 e. The first-order valence-corrected chi connectivity index (χ1v) is 6.21. The van der Waals surface area contributed by atoms with Gasteiger partial charge in [-0.2, -0.15) is 5.26 Å². The van der Waals surface area contributed by atoms with Crippen molar-refractivity contribution in [1.29, 1.82) is 5.26 Å². The number of amides is 1. The minimum absolute atomic E-state index is 0.125. The molecule has 0 fully saturated rings. The molecule has 1 aliphatic heterocycles. The van der Waals surface area contributed by atoms with E-state index in [-0.39, 0.29) is 5.91 Å². The summed E-state index contributed by atoms with van der Waals surface area (Å²) in [5.74, 6) is 0.310. The van der Waals surface area contributed by atoms with Gasteiger partial charge in [-0.1, -0.05) is 18.2 Å². The van der Waals surface area contributed by atoms with Crippen molar-refractivity contribution in [2.75, 3.05) is 5.88 Å². The zero-order valence-corrected chi connectivity index (χ0v) is 10.5. The Morgan fingerprint density at radius 2 is 2.28 bits per heavy atom. The number of fused-ring (bicyclic) bond motifs is 1. The summed E-state index contributed by atoms with van der Waals surface area (Å²) in [5, 5.41) is 9.25. The molecule has 1 aromatic rings. The highest BCUT2D eigenvalue weighted by Crippen LogP contribution is 2.32. The number of nitriles is 1. The van der Waals surface area contributed by atoms with Crippen LogP contribution in [-0.2, 0) is 4.79 Å². The maximum atomic E-state index is 12.0. The first-order valence-electron chi connectivity index (χ1n) is 5.68. The van der Waals surface area contributed by atoms with Crippen LogP contribution in [0.2, 0.25) is 0 Å². The summed E-state index contributed by atoms with van der Waals surface area (Å²) in [6, 6.07) is 8.90. The van der Waals surface area contributed by atoms with Crippen LogP contribution in [0, 0.1) is 11.3 Å². The predicted octanol–water partition coefficient (Wildman–Crippen LogP) is 2.77. The Kier molecular flexibility index (Phi) is 3.96. The van der Waals surface area contributed by atoms with E-state index >= 15 is 0 Å². The van der Waals surface area contributed by atoms with Gasteiger partial charge >= 0.3 is 0 Å². The number of nitrogens with zero attached hydrogens (tertiary/aromatic N) is 3. The largest absolute Gasteiger partial charge is 0.282 e. The number of carbonyl (C=O) groups is 1. The van der Waals surface area contributed by atoms with Crippen molar-refractivity contribution >= 4 is 29.5 Å². The van der Waals surface area contributed by atoms with Crippen molar-refractivity contribution < 1.29 is 4.79 Å². The van der Waals surface area contributed by atoms with Gasteiger partial charge in [0.25, 0.3) is 0 Å². The summed E-state index contributed by atoms with van der Waals surface area (Å²) in [6.45, 7) is 0. The van der Waals surface area contributed by atoms with Gasteiger partial charge in [0.1, 0.15) is 0 Å². The number of benzene rings is 1. The number of hydrogen-bond acceptors (Lipinski definition) is 3. The Hall–Kier alpha value is -1.86. The minimum Gasteiger partial charge on any atom is -0.282 e. The zero-order chi connectivity index (χ0) is 13.0. The van der Waals surface area contributed by atoms with Crippen LogP contribution in [0.25, 0.3) is 0 Å². The van der Waals surface area contributed by atoms with E-state index in [0.29, 0.717) is 18.7 Å². The average Bonchev–Trinajstić information content (AvgIpc) is 2.43. The minimum atomic E-state index is -0.596. The summed E-state index contributed by atoms with van der Waals surface area (Å²) in [5.41, 5.74) is 1.51. The topological polar surface area (TPSA) is 56.5 Å². The highest BCUT2D eigenvalue weighted by Gasteiger charge is 2.28. The van der Waals surface area contributed by atoms with E-state index in [0.717, 1.165) is 11.3 Å². The van der Waals surface area contributed by atoms with Crippen LogP contribution in [-0.4, -0.2) is 23.0 Å². The van der Waals surface area contributed by atoms with Crippen LogP contribution in [0.4, 0.5) is 5.69 Å². The van der Waals surface area contributed by atoms with E-state index in [1.54, 1.807) is 0 Å². The van der Waals surface area contributed by atoms with Crippen molar-refractivity contribution in [3.8, 4) is 6.07 Å². The van der Waals surface area contributed by atoms with E-state index in [1.165, 1.54) is 11.2 Å². The van der Waals surface area contributed by atoms with Crippen LogP contribution in [0.15, 0.2) is 29.3 Å². The molecule has 1 atom stereocenters. The molecule has 1 heterocycles. The number of hydrogen-bond donors (Lipinski definition) is 0. The number of alkyl halides is 1. The molecule has 0 spiro atoms. The maximum absolute atomic E-state index is 12.0. The quantitative estimate of drug-likeness (QED) is 0.786. The van der Waals surface area contributed by atoms with Crippen LogP contribution >= 0.6 is 11.6 Å². The number of halogens is 1. The second kappa shape index (κ2) is 5.65. The molecule has 1 aliphatic rings. The molecule has 0 aromatic heterocycles. The Bertz CT molecular complexity index is 521. The first-order chi connectivity index (χ1) is 8.77. The van der Waals surface area contributed by atoms with E-state index in [4.69, 9.17) is 11.6 Å². The highest BCUT2D eigenvalue weighted by atomic mass is 35.5. The second-order valence-corrected chi connectivity index (χ2v) is 4.31. The fourth-order valence-electron chi connectivity index (χ4n) is 1.86. The van der Waals surface area contributed by atoms with Crippen molar-refractivity contribution in [3.63, 3.8) is 0 Å². The number of aliphatic imine (C=N–C) groups is 1. The molecular formula is C13H12ClN3O. The summed E-state index contributed by atoms with van der Waals surface area (Å²) in [7, 11) is 0. The zero-order valence-electron chi connectivity index (χ0n) is 9.71. The van der Waals surface area contributed by atoms with E-state index < -0.39 is 6.04 Å². The Morgan fingerprint density at radius 3 is 3.00 bits per heavy atom. The average molecular weight is 262 g/mol. The lowest BCUT2D eigenvalue weighted by Gasteiger charge is -2.27. The fourth-order valence-corrected chi connectivity index (χ4v) is 2.00. The van der Waals surface area contributed by atoms with Gasteiger partial charge in [-0.3, -0.25) is 9.69 Å². The molecule has 0 bridgehead atoms. The fraction of sp³-hybridized carbons (Fsp3) is 0.308. The normalized spacial score (nSPS) is 17.1. The van der Waals surface area contributed by atoms with Crippen LogP contribution in [0.3, 0.4) is 0 Å². The van der Waals surface area contributed by atoms with Crippen LogP contribution in [0.5, 0.6) is 0 Å². The second-order valence-electron chi connectivity index (χ2n) is 3.93. The predicted molar refractivity (Wildman–Crippen MR) is 69.7 cm³/mol. The molecule has 0 saturated heterocycles. The summed E-state index contributed by atoms with van der Waals surface area (Å²) in [4.78, 5) is 17.5. The molecule has 2 rings (SSSR count). The monoisotopic (exact) mass is 261 g/mol. The van der Waals surface area contributed by atoms with Gasteiger partial charge in [0.15, 0.2) is 6.04 Å². The molecule has 0 N–H and O–H groups in total. The van der Waals surface area contributed by atoms with Gasteiger partial charge in [-0.25, -0.2) is 4.99 Å². The van der Waals surface area contributed by atoms with E-state index in [2.05, 4.69) is 11.1 Å². The van der Waals surface area contributed by atoms with Crippen molar-refractivity contribution in [2.45, 2.75) is 18.9 Å². The number of rotatable bonds is 3. The van der Waals surface area contributed by atoms with E-state index in [9.17, 15) is 10.1 Å². The standard InChI is InChI=1S/C13H12ClN3O/c14-7-3-6-13(18)17-9-16-11-5-2-1-4-10(11)12(17)8-15/h1-2,4-5,9,12H,3,6-7H2. The summed E-state index contributed by atoms with van der Waals surface area (Å²) < 4.78 is 0. The van der Waals surface area contributed by atoms with E-state index in [1.807, 2.05) is 24.3 Å². The summed E-state index contributed by atoms with van der Waals surface area (Å²) >= 11 is 5.57. The van der Waals surface area contributed by atoms with Gasteiger partial charge in [0.2, 0.25) is 5.91 Å². The third-order valence-corrected chi connectivity index (χ3v) is 3.03. The van der Waals surface area contributed by atoms with Gasteiger partial charge in [0.05, 0.1) is 18.1 Å². The van der Waals surface area contributed by atoms with Crippen molar-refractivity contribution in [1.82, 2.24) is 4.90 Å². The third-order valence-electron chi connectivity index (χ3n) is 2.77. The van der Waals surface area contributed by atoms with Gasteiger partial charge < -0.3 is 0 Å². The lowest BCUT2D eigenvalue weighted by atomic mass is 10.0. The molecule has 4 nitrogen and oxygen atoms in total. The number of carbonyl (C=O) groups excluding carboxylic acids is 1. The molecule has 5 heteroatoms. The van der Waals surface area contributed by atoms with Crippen LogP contribution in [0.1, 0.15) is 24.4 Å². The molecule has 0 radical (unpaired) electrons. The van der Waals surface area contributed by atoms with Crippen LogP contribution < -0.4 is 0 Å². The Morgan fingerprint density at radius 1 is 1.50 bits per heavy atom. The molecule has 92 valence electrons. The smallest absolute Gasteiger partial charge is 0.229 e. The SMILES string of the molecule is N#CC1c2ccccc2N=CN1C(=O)CCCCl. The first kappa shape index (κ1) is 12.6. The van der Waals surface area contributed by atoms with Gasteiger partial charge in [0, 0.05) is 17.9 Å². The molecule has 1 amide bonds. The molecule has 1 aromatic carbocycles.